The topological polar surface area (TPSA) is 65.1 Å². The van der Waals surface area contributed by atoms with E-state index in [0.717, 1.165) is 11.8 Å². The molecule has 0 bridgehead atoms. The van der Waals surface area contributed by atoms with Crippen molar-refractivity contribution >= 4 is 91.1 Å². The van der Waals surface area contributed by atoms with Crippen LogP contribution >= 0.6 is 63.1 Å². The van der Waals surface area contributed by atoms with Crippen molar-refractivity contribution in [2.45, 2.75) is 0 Å². The first kappa shape index (κ1) is 23.9. The fourth-order valence-corrected chi connectivity index (χ4v) is 4.60. The molecule has 6 nitrogen and oxygen atoms in total. The number of nitrogens with zero attached hydrogens (tertiary/aromatic N) is 1. The van der Waals surface area contributed by atoms with Crippen LogP contribution in [0.5, 0.6) is 11.5 Å². The maximum Gasteiger partial charge on any atom is 0.343 e. The lowest BCUT2D eigenvalue weighted by molar-refractivity contribution is -0.142. The number of hydrogen-bond donors (Lipinski definition) is 0. The van der Waals surface area contributed by atoms with Crippen LogP contribution in [-0.4, -0.2) is 37.0 Å². The summed E-state index contributed by atoms with van der Waals surface area (Å²) in [7, 11) is 2.75. The van der Waals surface area contributed by atoms with Gasteiger partial charge in [0.05, 0.1) is 34.9 Å². The number of thiocarbonyl (C=S) groups is 1. The van der Waals surface area contributed by atoms with Crippen LogP contribution in [0.2, 0.25) is 10.0 Å². The number of halogens is 3. The van der Waals surface area contributed by atoms with Gasteiger partial charge < -0.3 is 14.2 Å². The number of amides is 1. The molecule has 31 heavy (non-hydrogen) atoms. The molecule has 162 valence electrons. The number of anilines is 1. The third-order valence-corrected chi connectivity index (χ3v) is 6.83. The van der Waals surface area contributed by atoms with Crippen molar-refractivity contribution in [1.82, 2.24) is 0 Å². The molecule has 0 atom stereocenters. The number of esters is 1. The Morgan fingerprint density at radius 3 is 2.58 bits per heavy atom. The number of rotatable bonds is 6. The highest BCUT2D eigenvalue weighted by Crippen LogP contribution is 2.40. The highest BCUT2D eigenvalue weighted by Gasteiger charge is 2.33. The Hall–Kier alpha value is -1.78. The van der Waals surface area contributed by atoms with E-state index in [4.69, 9.17) is 44.9 Å². The van der Waals surface area contributed by atoms with Gasteiger partial charge in [0.2, 0.25) is 0 Å². The first-order valence-corrected chi connectivity index (χ1v) is 11.3. The van der Waals surface area contributed by atoms with E-state index in [2.05, 4.69) is 20.7 Å². The van der Waals surface area contributed by atoms with Crippen LogP contribution in [0.4, 0.5) is 5.69 Å². The zero-order chi connectivity index (χ0) is 22.7. The molecule has 2 aromatic carbocycles. The first-order valence-electron chi connectivity index (χ1n) is 8.55. The maximum atomic E-state index is 13.0. The molecule has 1 saturated heterocycles. The molecular formula is C20H14BrCl2NO5S2. The molecule has 0 N–H and O–H groups in total. The normalized spacial score (nSPS) is 14.9. The van der Waals surface area contributed by atoms with Gasteiger partial charge >= 0.3 is 5.97 Å². The molecular weight excluding hydrogens is 549 g/mol. The molecule has 1 amide bonds. The van der Waals surface area contributed by atoms with Gasteiger partial charge in [-0.1, -0.05) is 63.1 Å². The van der Waals surface area contributed by atoms with Gasteiger partial charge in [-0.3, -0.25) is 9.69 Å². The molecule has 1 aliphatic rings. The Kier molecular flexibility index (Phi) is 7.87. The third kappa shape index (κ3) is 5.35. The second-order valence-electron chi connectivity index (χ2n) is 6.00. The highest BCUT2D eigenvalue weighted by molar-refractivity contribution is 9.10. The van der Waals surface area contributed by atoms with Crippen molar-refractivity contribution in [3.63, 3.8) is 0 Å². The Labute approximate surface area is 206 Å². The van der Waals surface area contributed by atoms with Crippen LogP contribution in [0, 0.1) is 0 Å². The predicted molar refractivity (Wildman–Crippen MR) is 130 cm³/mol. The molecule has 0 aliphatic carbocycles. The monoisotopic (exact) mass is 561 g/mol. The fourth-order valence-electron chi connectivity index (χ4n) is 2.59. The van der Waals surface area contributed by atoms with E-state index in [1.807, 2.05) is 0 Å². The van der Waals surface area contributed by atoms with Gasteiger partial charge in [0.1, 0.15) is 0 Å². The Morgan fingerprint density at radius 2 is 1.94 bits per heavy atom. The van der Waals surface area contributed by atoms with E-state index < -0.39 is 5.97 Å². The van der Waals surface area contributed by atoms with E-state index in [-0.39, 0.29) is 12.5 Å². The van der Waals surface area contributed by atoms with Crippen LogP contribution in [0.15, 0.2) is 39.7 Å². The molecule has 1 aliphatic heterocycles. The van der Waals surface area contributed by atoms with Gasteiger partial charge in [-0.2, -0.15) is 0 Å². The third-order valence-electron chi connectivity index (χ3n) is 4.10. The quantitative estimate of drug-likeness (QED) is 0.253. The summed E-state index contributed by atoms with van der Waals surface area (Å²) in [4.78, 5) is 26.2. The van der Waals surface area contributed by atoms with E-state index in [0.29, 0.717) is 46.5 Å². The van der Waals surface area contributed by atoms with Crippen LogP contribution < -0.4 is 14.4 Å². The lowest BCUT2D eigenvalue weighted by atomic mass is 10.1. The minimum absolute atomic E-state index is 0.263. The summed E-state index contributed by atoms with van der Waals surface area (Å²) in [5, 5.41) is 0.712. The smallest absolute Gasteiger partial charge is 0.343 e. The molecule has 0 aromatic heterocycles. The summed E-state index contributed by atoms with van der Waals surface area (Å²) in [5.41, 5.74) is 1.19. The Balaban J connectivity index is 1.90. The number of methoxy groups -OCH3 is 2. The molecule has 2 aromatic rings. The van der Waals surface area contributed by atoms with Crippen LogP contribution in [0.25, 0.3) is 6.08 Å². The summed E-state index contributed by atoms with van der Waals surface area (Å²) >= 11 is 22.1. The predicted octanol–water partition coefficient (Wildman–Crippen LogP) is 5.72. The van der Waals surface area contributed by atoms with E-state index in [1.54, 1.807) is 36.4 Å². The summed E-state index contributed by atoms with van der Waals surface area (Å²) in [6.07, 6.45) is 1.69. The van der Waals surface area contributed by atoms with Gasteiger partial charge in [-0.25, -0.2) is 4.79 Å². The molecule has 0 spiro atoms. The largest absolute Gasteiger partial charge is 0.493 e. The Morgan fingerprint density at radius 1 is 1.19 bits per heavy atom. The maximum absolute atomic E-state index is 13.0. The number of thioether (sulfide) groups is 1. The summed E-state index contributed by atoms with van der Waals surface area (Å²) in [5.74, 6) is -0.0721. The SMILES string of the molecule is COC(=O)COc1cc(Br)c(/C=C2\SC(=S)N(c3ccc(Cl)c(Cl)c3)C2=O)cc1OC. The number of hydrogen-bond acceptors (Lipinski definition) is 7. The average Bonchev–Trinajstić information content (AvgIpc) is 3.02. The zero-order valence-corrected chi connectivity index (χ0v) is 20.8. The molecule has 0 unspecified atom stereocenters. The van der Waals surface area contributed by atoms with Gasteiger partial charge in [-0.05, 0) is 42.0 Å². The van der Waals surface area contributed by atoms with Gasteiger partial charge in [0.25, 0.3) is 5.91 Å². The summed E-state index contributed by atoms with van der Waals surface area (Å²) < 4.78 is 16.4. The van der Waals surface area contributed by atoms with Crippen molar-refractivity contribution in [1.29, 1.82) is 0 Å². The van der Waals surface area contributed by atoms with Gasteiger partial charge in [0, 0.05) is 4.47 Å². The Bertz CT molecular complexity index is 1110. The van der Waals surface area contributed by atoms with Crippen molar-refractivity contribution in [2.24, 2.45) is 0 Å². The van der Waals surface area contributed by atoms with Gasteiger partial charge in [-0.15, -0.1) is 0 Å². The number of benzene rings is 2. The number of ether oxygens (including phenoxy) is 3. The molecule has 11 heteroatoms. The summed E-state index contributed by atoms with van der Waals surface area (Å²) in [6, 6.07) is 8.20. The highest BCUT2D eigenvalue weighted by atomic mass is 79.9. The van der Waals surface area contributed by atoms with Crippen molar-refractivity contribution in [3.8, 4) is 11.5 Å². The van der Waals surface area contributed by atoms with E-state index >= 15 is 0 Å². The molecule has 0 saturated carbocycles. The lowest BCUT2D eigenvalue weighted by Crippen LogP contribution is -2.27. The van der Waals surface area contributed by atoms with Gasteiger partial charge in [0.15, 0.2) is 22.4 Å². The van der Waals surface area contributed by atoms with Crippen LogP contribution in [-0.2, 0) is 14.3 Å². The van der Waals surface area contributed by atoms with Crippen molar-refractivity contribution in [3.05, 3.63) is 55.3 Å². The minimum Gasteiger partial charge on any atom is -0.493 e. The summed E-state index contributed by atoms with van der Waals surface area (Å²) in [6.45, 7) is -0.263. The minimum atomic E-state index is -0.520. The average molecular weight is 563 g/mol. The fraction of sp³-hybridized carbons (Fsp3) is 0.150. The second-order valence-corrected chi connectivity index (χ2v) is 9.35. The molecule has 0 radical (unpaired) electrons. The molecule has 1 fully saturated rings. The van der Waals surface area contributed by atoms with E-state index in [9.17, 15) is 9.59 Å². The zero-order valence-electron chi connectivity index (χ0n) is 16.1. The van der Waals surface area contributed by atoms with Crippen molar-refractivity contribution in [2.75, 3.05) is 25.7 Å². The first-order chi connectivity index (χ1) is 14.7. The standard InChI is InChI=1S/C20H14BrCl2NO5S2/c1-27-15-5-10(12(21)8-16(15)29-9-18(25)28-2)6-17-19(26)24(20(30)31-17)11-3-4-13(22)14(23)7-11/h3-8H,9H2,1-2H3/b17-6-. The second kappa shape index (κ2) is 10.2. The molecule has 3 rings (SSSR count). The lowest BCUT2D eigenvalue weighted by Gasteiger charge is -2.15. The van der Waals surface area contributed by atoms with Crippen molar-refractivity contribution < 1.29 is 23.8 Å². The van der Waals surface area contributed by atoms with Crippen LogP contribution in [0.1, 0.15) is 5.56 Å². The van der Waals surface area contributed by atoms with Crippen LogP contribution in [0.3, 0.4) is 0 Å². The van der Waals surface area contributed by atoms with E-state index in [1.165, 1.54) is 19.1 Å². The number of carbonyl (C=O) groups is 2. The number of carbonyl (C=O) groups excluding carboxylic acids is 2. The molecule has 1 heterocycles.